The van der Waals surface area contributed by atoms with Crippen LogP contribution in [0.15, 0.2) is 41.3 Å². The van der Waals surface area contributed by atoms with Crippen LogP contribution < -0.4 is 0 Å². The number of halogens is 2. The summed E-state index contributed by atoms with van der Waals surface area (Å²) in [6, 6.07) is 8.56. The van der Waals surface area contributed by atoms with Crippen LogP contribution in [0.25, 0.3) is 0 Å². The van der Waals surface area contributed by atoms with Gasteiger partial charge in [0.05, 0.1) is 11.1 Å². The van der Waals surface area contributed by atoms with E-state index in [1.807, 2.05) is 0 Å². The summed E-state index contributed by atoms with van der Waals surface area (Å²) in [4.78, 5) is 25.7. The highest BCUT2D eigenvalue weighted by molar-refractivity contribution is 7.99. The van der Waals surface area contributed by atoms with Crippen molar-refractivity contribution in [3.8, 4) is 5.75 Å². The fourth-order valence-electron chi connectivity index (χ4n) is 2.32. The predicted molar refractivity (Wildman–Crippen MR) is 80.6 cm³/mol. The molecule has 0 fully saturated rings. The van der Waals surface area contributed by atoms with Gasteiger partial charge in [-0.2, -0.15) is 0 Å². The van der Waals surface area contributed by atoms with Crippen LogP contribution in [0.4, 0.5) is 8.78 Å². The van der Waals surface area contributed by atoms with E-state index in [9.17, 15) is 18.4 Å². The molecular weight excluding hydrogens is 324 g/mol. The first kappa shape index (κ1) is 15.5. The summed E-state index contributed by atoms with van der Waals surface area (Å²) < 4.78 is 26.5. The third-order valence-electron chi connectivity index (χ3n) is 3.45. The Hall–Kier alpha value is -2.41. The number of phenolic OH excluding ortho intramolecular Hbond substituents is 1. The third-order valence-corrected chi connectivity index (χ3v) is 4.41. The normalized spacial score (nSPS) is 13.6. The number of nitrogens with zero attached hydrogens (tertiary/aromatic N) is 1. The number of aromatic hydroxyl groups is 1. The Labute approximate surface area is 134 Å². The van der Waals surface area contributed by atoms with E-state index in [0.29, 0.717) is 11.1 Å². The van der Waals surface area contributed by atoms with E-state index in [1.165, 1.54) is 0 Å². The second kappa shape index (κ2) is 6.00. The fraction of sp³-hybridized carbons (Fsp3) is 0.125. The molecule has 0 saturated carbocycles. The van der Waals surface area contributed by atoms with Crippen molar-refractivity contribution in [3.05, 3.63) is 59.2 Å². The molecule has 23 heavy (non-hydrogen) atoms. The van der Waals surface area contributed by atoms with Crippen molar-refractivity contribution in [2.45, 2.75) is 4.90 Å². The van der Waals surface area contributed by atoms with E-state index in [-0.39, 0.29) is 29.0 Å². The number of rotatable bonds is 4. The molecular formula is C16H11F2NO3S. The summed E-state index contributed by atoms with van der Waals surface area (Å²) in [5.41, 5.74) is 0.730. The van der Waals surface area contributed by atoms with Crippen molar-refractivity contribution in [3.63, 3.8) is 0 Å². The Morgan fingerprint density at radius 3 is 2.04 bits per heavy atom. The number of benzene rings is 2. The fourth-order valence-corrected chi connectivity index (χ4v) is 3.21. The number of thioether (sulfide) groups is 1. The lowest BCUT2D eigenvalue weighted by molar-refractivity contribution is 0.0664. The molecule has 0 radical (unpaired) electrons. The number of fused-ring (bicyclic) bond motifs is 1. The van der Waals surface area contributed by atoms with Crippen molar-refractivity contribution >= 4 is 23.6 Å². The molecule has 4 nitrogen and oxygen atoms in total. The maximum atomic E-state index is 13.2. The van der Waals surface area contributed by atoms with Crippen LogP contribution in [-0.2, 0) is 0 Å². The zero-order valence-electron chi connectivity index (χ0n) is 11.8. The molecule has 0 aliphatic carbocycles. The molecule has 2 aromatic rings. The number of phenols is 1. The van der Waals surface area contributed by atoms with Crippen LogP contribution >= 0.6 is 11.8 Å². The third kappa shape index (κ3) is 2.79. The topological polar surface area (TPSA) is 57.6 Å². The van der Waals surface area contributed by atoms with E-state index < -0.39 is 17.4 Å². The minimum Gasteiger partial charge on any atom is -0.503 e. The number of hydrogen-bond acceptors (Lipinski definition) is 4. The number of carbonyl (C=O) groups is 2. The zero-order chi connectivity index (χ0) is 16.6. The molecule has 7 heteroatoms. The first-order chi connectivity index (χ1) is 11.0. The lowest BCUT2D eigenvalue weighted by Crippen LogP contribution is -2.31. The zero-order valence-corrected chi connectivity index (χ0v) is 12.6. The molecule has 2 amide bonds. The van der Waals surface area contributed by atoms with Gasteiger partial charge in [-0.1, -0.05) is 12.1 Å². The maximum absolute atomic E-state index is 13.2. The van der Waals surface area contributed by atoms with Gasteiger partial charge in [-0.15, -0.1) is 11.8 Å². The van der Waals surface area contributed by atoms with Crippen molar-refractivity contribution < 1.29 is 23.5 Å². The lowest BCUT2D eigenvalue weighted by atomic mass is 10.1. The summed E-state index contributed by atoms with van der Waals surface area (Å²) in [7, 11) is 0. The Morgan fingerprint density at radius 2 is 1.52 bits per heavy atom. The van der Waals surface area contributed by atoms with Crippen molar-refractivity contribution in [1.29, 1.82) is 0 Å². The first-order valence-electron chi connectivity index (χ1n) is 6.75. The Balaban J connectivity index is 1.66. The number of imide groups is 1. The average molecular weight is 335 g/mol. The van der Waals surface area contributed by atoms with E-state index >= 15 is 0 Å². The molecule has 2 aromatic carbocycles. The van der Waals surface area contributed by atoms with E-state index in [4.69, 9.17) is 5.11 Å². The van der Waals surface area contributed by atoms with Gasteiger partial charge in [-0.3, -0.25) is 14.5 Å². The van der Waals surface area contributed by atoms with Gasteiger partial charge < -0.3 is 5.11 Å². The van der Waals surface area contributed by atoms with Crippen molar-refractivity contribution in [2.24, 2.45) is 0 Å². The summed E-state index contributed by atoms with van der Waals surface area (Å²) in [5.74, 6) is -3.56. The van der Waals surface area contributed by atoms with Crippen LogP contribution in [0.5, 0.6) is 5.75 Å². The van der Waals surface area contributed by atoms with Crippen molar-refractivity contribution in [2.75, 3.05) is 12.3 Å². The smallest absolute Gasteiger partial charge is 0.261 e. The Bertz CT molecular complexity index is 752. The molecule has 118 valence electrons. The average Bonchev–Trinajstić information content (AvgIpc) is 2.78. The van der Waals surface area contributed by atoms with Gasteiger partial charge >= 0.3 is 0 Å². The first-order valence-corrected chi connectivity index (χ1v) is 7.73. The van der Waals surface area contributed by atoms with Gasteiger partial charge in [0, 0.05) is 17.2 Å². The van der Waals surface area contributed by atoms with Crippen LogP contribution in [0.2, 0.25) is 0 Å². The van der Waals surface area contributed by atoms with Crippen LogP contribution in [0, 0.1) is 11.6 Å². The summed E-state index contributed by atoms with van der Waals surface area (Å²) in [5, 5.41) is 9.04. The van der Waals surface area contributed by atoms with E-state index in [2.05, 4.69) is 0 Å². The van der Waals surface area contributed by atoms with Gasteiger partial charge in [-0.25, -0.2) is 8.78 Å². The summed E-state index contributed by atoms with van der Waals surface area (Å²) >= 11 is 1.09. The quantitative estimate of drug-likeness (QED) is 0.689. The van der Waals surface area contributed by atoms with Crippen LogP contribution in [-0.4, -0.2) is 34.1 Å². The molecule has 1 aliphatic heterocycles. The highest BCUT2D eigenvalue weighted by Gasteiger charge is 2.34. The summed E-state index contributed by atoms with van der Waals surface area (Å²) in [6.45, 7) is 0.126. The monoisotopic (exact) mass is 335 g/mol. The van der Waals surface area contributed by atoms with Crippen LogP contribution in [0.3, 0.4) is 0 Å². The molecule has 1 heterocycles. The maximum Gasteiger partial charge on any atom is 0.261 e. The molecule has 0 bridgehead atoms. The van der Waals surface area contributed by atoms with Gasteiger partial charge in [0.25, 0.3) is 11.8 Å². The molecule has 0 unspecified atom stereocenters. The van der Waals surface area contributed by atoms with Gasteiger partial charge in [0.2, 0.25) is 0 Å². The molecule has 0 aromatic heterocycles. The highest BCUT2D eigenvalue weighted by atomic mass is 32.2. The molecule has 1 aliphatic rings. The molecule has 0 spiro atoms. The van der Waals surface area contributed by atoms with Crippen molar-refractivity contribution in [1.82, 2.24) is 4.90 Å². The van der Waals surface area contributed by atoms with Gasteiger partial charge in [0.1, 0.15) is 0 Å². The molecule has 3 rings (SSSR count). The predicted octanol–water partition coefficient (Wildman–Crippen LogP) is 3.06. The number of hydrogen-bond donors (Lipinski definition) is 1. The molecule has 0 atom stereocenters. The van der Waals surface area contributed by atoms with E-state index in [1.54, 1.807) is 24.3 Å². The largest absolute Gasteiger partial charge is 0.503 e. The molecule has 0 saturated heterocycles. The Kier molecular flexibility index (Phi) is 4.04. The Morgan fingerprint density at radius 1 is 1.00 bits per heavy atom. The lowest BCUT2D eigenvalue weighted by Gasteiger charge is -2.13. The minimum atomic E-state index is -1.05. The SMILES string of the molecule is O=C1c2ccccc2C(=O)N1CCSc1cc(F)c(O)c(F)c1. The standard InChI is InChI=1S/C16H11F2NO3S/c17-12-7-9(8-13(18)14(12)20)23-6-5-19-15(21)10-3-1-2-4-11(10)16(19)22/h1-4,7-8,20H,5-6H2. The molecule has 1 N–H and O–H groups in total. The second-order valence-corrected chi connectivity index (χ2v) is 6.06. The number of carbonyl (C=O) groups excluding carboxylic acids is 2. The van der Waals surface area contributed by atoms with Crippen LogP contribution in [0.1, 0.15) is 20.7 Å². The highest BCUT2D eigenvalue weighted by Crippen LogP contribution is 2.28. The van der Waals surface area contributed by atoms with Gasteiger partial charge in [-0.05, 0) is 24.3 Å². The summed E-state index contributed by atoms with van der Waals surface area (Å²) in [6.07, 6.45) is 0. The van der Waals surface area contributed by atoms with Gasteiger partial charge in [0.15, 0.2) is 17.4 Å². The number of amides is 2. The minimum absolute atomic E-state index is 0.126. The van der Waals surface area contributed by atoms with E-state index in [0.717, 1.165) is 28.8 Å². The second-order valence-electron chi connectivity index (χ2n) is 4.89.